The number of carbonyl (C=O) groups excluding carboxylic acids is 1. The second kappa shape index (κ2) is 23.3. The summed E-state index contributed by atoms with van der Waals surface area (Å²) in [7, 11) is -4.09. The van der Waals surface area contributed by atoms with Gasteiger partial charge in [-0.15, -0.1) is 0 Å². The molecule has 0 heterocycles. The standard InChI is InChI=1S/C23H46BrO6PS/c1-3-4-5-6-7-8-9-10-11-12-13-14-15-16-18-28-20-23(32-22(2)25)21-30-31(26,27)29-19-17-24/h23H,3-21H2,1-2H3,(H,26,27)/t23-/m1/s1. The molecule has 0 spiro atoms. The minimum absolute atomic E-state index is 0.0704. The van der Waals surface area contributed by atoms with Gasteiger partial charge in [0.1, 0.15) is 0 Å². The number of halogens is 1. The maximum absolute atomic E-state index is 11.7. The molecular formula is C23H46BrO6PS. The van der Waals surface area contributed by atoms with Crippen molar-refractivity contribution < 1.29 is 28.0 Å². The summed E-state index contributed by atoms with van der Waals surface area (Å²) < 4.78 is 27.2. The predicted molar refractivity (Wildman–Crippen MR) is 139 cm³/mol. The van der Waals surface area contributed by atoms with E-state index in [1.807, 2.05) is 0 Å². The molecule has 0 aliphatic heterocycles. The van der Waals surface area contributed by atoms with Crippen molar-refractivity contribution in [1.29, 1.82) is 0 Å². The molecule has 1 N–H and O–H groups in total. The zero-order valence-corrected chi connectivity index (χ0v) is 23.5. The number of ether oxygens (including phenoxy) is 1. The highest BCUT2D eigenvalue weighted by molar-refractivity contribution is 9.09. The van der Waals surface area contributed by atoms with Crippen LogP contribution in [0.4, 0.5) is 0 Å². The van der Waals surface area contributed by atoms with E-state index in [1.54, 1.807) is 0 Å². The minimum atomic E-state index is -4.09. The fraction of sp³-hybridized carbons (Fsp3) is 0.957. The lowest BCUT2D eigenvalue weighted by Gasteiger charge is -2.17. The highest BCUT2D eigenvalue weighted by Gasteiger charge is 2.24. The van der Waals surface area contributed by atoms with Crippen molar-refractivity contribution in [3.8, 4) is 0 Å². The van der Waals surface area contributed by atoms with Gasteiger partial charge in [0, 0.05) is 18.9 Å². The van der Waals surface area contributed by atoms with Gasteiger partial charge >= 0.3 is 7.82 Å². The van der Waals surface area contributed by atoms with Crippen molar-refractivity contribution in [2.45, 2.75) is 109 Å². The van der Waals surface area contributed by atoms with Crippen molar-refractivity contribution >= 4 is 40.6 Å². The van der Waals surface area contributed by atoms with Crippen molar-refractivity contribution in [2.75, 3.05) is 31.8 Å². The molecule has 192 valence electrons. The van der Waals surface area contributed by atoms with Crippen LogP contribution in [0.3, 0.4) is 0 Å². The molecule has 0 amide bonds. The molecule has 0 aromatic heterocycles. The van der Waals surface area contributed by atoms with Gasteiger partial charge < -0.3 is 9.63 Å². The molecule has 6 nitrogen and oxygen atoms in total. The van der Waals surface area contributed by atoms with Crippen LogP contribution in [0.2, 0.25) is 0 Å². The molecule has 0 rings (SSSR count). The molecule has 0 saturated heterocycles. The van der Waals surface area contributed by atoms with Gasteiger partial charge in [-0.05, 0) is 6.42 Å². The SMILES string of the molecule is CCCCCCCCCCCCCCCCOC[C@H](COP(=O)(O)OCCBr)SC(C)=O. The lowest BCUT2D eigenvalue weighted by molar-refractivity contribution is -0.109. The summed E-state index contributed by atoms with van der Waals surface area (Å²) >= 11 is 4.19. The molecule has 0 aliphatic rings. The Morgan fingerprint density at radius 3 is 1.81 bits per heavy atom. The fourth-order valence-corrected chi connectivity index (χ4v) is 5.38. The minimum Gasteiger partial charge on any atom is -0.380 e. The molecule has 1 unspecified atom stereocenters. The second-order valence-electron chi connectivity index (χ2n) is 8.19. The average Bonchev–Trinajstić information content (AvgIpc) is 2.75. The Hall–Kier alpha value is 0.570. The van der Waals surface area contributed by atoms with Crippen molar-refractivity contribution in [3.63, 3.8) is 0 Å². The smallest absolute Gasteiger partial charge is 0.380 e. The molecule has 0 aromatic carbocycles. The Kier molecular flexibility index (Phi) is 23.7. The maximum Gasteiger partial charge on any atom is 0.472 e. The molecule has 0 fully saturated rings. The van der Waals surface area contributed by atoms with E-state index >= 15 is 0 Å². The number of phosphoric ester groups is 1. The summed E-state index contributed by atoms with van der Waals surface area (Å²) in [5.41, 5.74) is 0. The first-order chi connectivity index (χ1) is 15.4. The van der Waals surface area contributed by atoms with Crippen LogP contribution in [-0.2, 0) is 23.1 Å². The van der Waals surface area contributed by atoms with E-state index in [4.69, 9.17) is 13.8 Å². The van der Waals surface area contributed by atoms with Gasteiger partial charge in [0.2, 0.25) is 0 Å². The van der Waals surface area contributed by atoms with E-state index in [2.05, 4.69) is 22.9 Å². The van der Waals surface area contributed by atoms with Crippen molar-refractivity contribution in [1.82, 2.24) is 0 Å². The first kappa shape index (κ1) is 32.6. The molecule has 0 saturated carbocycles. The van der Waals surface area contributed by atoms with E-state index in [0.717, 1.165) is 24.6 Å². The zero-order valence-electron chi connectivity index (χ0n) is 20.2. The molecule has 2 atom stereocenters. The third kappa shape index (κ3) is 23.7. The van der Waals surface area contributed by atoms with E-state index in [-0.39, 0.29) is 23.6 Å². The van der Waals surface area contributed by atoms with Gasteiger partial charge in [0.15, 0.2) is 5.12 Å². The molecule has 32 heavy (non-hydrogen) atoms. The molecular weight excluding hydrogens is 515 g/mol. The van der Waals surface area contributed by atoms with Crippen LogP contribution in [0.1, 0.15) is 104 Å². The van der Waals surface area contributed by atoms with Crippen LogP contribution in [0.25, 0.3) is 0 Å². The lowest BCUT2D eigenvalue weighted by atomic mass is 10.0. The number of carbonyl (C=O) groups is 1. The Balaban J connectivity index is 3.63. The second-order valence-corrected chi connectivity index (χ2v) is 11.9. The Labute approximate surface area is 209 Å². The summed E-state index contributed by atoms with van der Waals surface area (Å²) in [6.45, 7) is 4.67. The van der Waals surface area contributed by atoms with Gasteiger partial charge in [-0.1, -0.05) is 118 Å². The van der Waals surface area contributed by atoms with Crippen LogP contribution in [-0.4, -0.2) is 47.0 Å². The third-order valence-corrected chi connectivity index (χ3v) is 7.28. The van der Waals surface area contributed by atoms with Gasteiger partial charge in [-0.3, -0.25) is 13.8 Å². The highest BCUT2D eigenvalue weighted by atomic mass is 79.9. The van der Waals surface area contributed by atoms with Crippen LogP contribution in [0.15, 0.2) is 0 Å². The fourth-order valence-electron chi connectivity index (χ4n) is 3.33. The van der Waals surface area contributed by atoms with E-state index in [1.165, 1.54) is 84.0 Å². The number of rotatable bonds is 24. The Morgan fingerprint density at radius 2 is 1.34 bits per heavy atom. The Morgan fingerprint density at radius 1 is 0.844 bits per heavy atom. The molecule has 9 heteroatoms. The van der Waals surface area contributed by atoms with Gasteiger partial charge in [-0.25, -0.2) is 4.57 Å². The number of unbranched alkanes of at least 4 members (excludes halogenated alkanes) is 13. The van der Waals surface area contributed by atoms with Crippen molar-refractivity contribution in [2.24, 2.45) is 0 Å². The summed E-state index contributed by atoms with van der Waals surface area (Å²) in [6.07, 6.45) is 18.4. The molecule has 0 bridgehead atoms. The molecule has 0 aromatic rings. The van der Waals surface area contributed by atoms with Gasteiger partial charge in [0.05, 0.1) is 25.1 Å². The van der Waals surface area contributed by atoms with Crippen LogP contribution in [0.5, 0.6) is 0 Å². The van der Waals surface area contributed by atoms with Gasteiger partial charge in [0.25, 0.3) is 0 Å². The number of alkyl halides is 1. The zero-order chi connectivity index (χ0) is 23.9. The third-order valence-electron chi connectivity index (χ3n) is 5.03. The summed E-state index contributed by atoms with van der Waals surface area (Å²) in [5, 5.41) is 0.0366. The van der Waals surface area contributed by atoms with E-state index < -0.39 is 7.82 Å². The Bertz CT molecular complexity index is 483. The first-order valence-corrected chi connectivity index (χ1v) is 15.8. The highest BCUT2D eigenvalue weighted by Crippen LogP contribution is 2.43. The van der Waals surface area contributed by atoms with Gasteiger partial charge in [-0.2, -0.15) is 0 Å². The molecule has 0 radical (unpaired) electrons. The van der Waals surface area contributed by atoms with Crippen LogP contribution < -0.4 is 0 Å². The number of phosphoric acid groups is 1. The first-order valence-electron chi connectivity index (χ1n) is 12.3. The van der Waals surface area contributed by atoms with E-state index in [9.17, 15) is 14.3 Å². The van der Waals surface area contributed by atoms with E-state index in [0.29, 0.717) is 18.5 Å². The normalized spacial score (nSPS) is 14.4. The summed E-state index contributed by atoms with van der Waals surface area (Å²) in [6, 6.07) is 0. The quantitative estimate of drug-likeness (QED) is 0.0736. The topological polar surface area (TPSA) is 82.1 Å². The maximum atomic E-state index is 11.7. The number of hydrogen-bond donors (Lipinski definition) is 1. The number of hydrogen-bond acceptors (Lipinski definition) is 6. The van der Waals surface area contributed by atoms with Crippen molar-refractivity contribution in [3.05, 3.63) is 0 Å². The monoisotopic (exact) mass is 560 g/mol. The van der Waals surface area contributed by atoms with Crippen LogP contribution in [0, 0.1) is 0 Å². The lowest BCUT2D eigenvalue weighted by Crippen LogP contribution is -2.20. The van der Waals surface area contributed by atoms with Crippen LogP contribution >= 0.6 is 35.5 Å². The predicted octanol–water partition coefficient (Wildman–Crippen LogP) is 7.66. The summed E-state index contributed by atoms with van der Waals surface area (Å²) in [5.74, 6) is 0. The summed E-state index contributed by atoms with van der Waals surface area (Å²) in [4.78, 5) is 21.0. The molecule has 0 aliphatic carbocycles. The average molecular weight is 562 g/mol. The number of thioether (sulfide) groups is 1. The largest absolute Gasteiger partial charge is 0.472 e.